The summed E-state index contributed by atoms with van der Waals surface area (Å²) in [7, 11) is 1.66. The fourth-order valence-corrected chi connectivity index (χ4v) is 1.93. The van der Waals surface area contributed by atoms with Crippen molar-refractivity contribution in [2.24, 2.45) is 0 Å². The van der Waals surface area contributed by atoms with Gasteiger partial charge in [-0.25, -0.2) is 0 Å². The Kier molecular flexibility index (Phi) is 15.0. The lowest BCUT2D eigenvalue weighted by Crippen LogP contribution is -2.35. The first-order valence-corrected chi connectivity index (χ1v) is 7.77. The van der Waals surface area contributed by atoms with Crippen LogP contribution in [0.1, 0.15) is 58.3 Å². The normalized spacial score (nSPS) is 10.6. The van der Waals surface area contributed by atoms with Crippen LogP contribution in [-0.2, 0) is 9.53 Å². The van der Waals surface area contributed by atoms with E-state index in [9.17, 15) is 4.79 Å². The molecule has 0 unspecified atom stereocenters. The van der Waals surface area contributed by atoms with Crippen molar-refractivity contribution in [1.29, 1.82) is 0 Å². The number of methoxy groups -OCH3 is 1. The van der Waals surface area contributed by atoms with Gasteiger partial charge in [0.25, 0.3) is 0 Å². The van der Waals surface area contributed by atoms with Gasteiger partial charge in [0, 0.05) is 20.2 Å². The molecule has 0 aromatic heterocycles. The second kappa shape index (κ2) is 15.4. The zero-order chi connectivity index (χ0) is 14.2. The summed E-state index contributed by atoms with van der Waals surface area (Å²) in [5, 5.41) is 5.96. The van der Waals surface area contributed by atoms with Gasteiger partial charge in [-0.3, -0.25) is 4.79 Å². The highest BCUT2D eigenvalue weighted by Gasteiger charge is 1.99. The summed E-state index contributed by atoms with van der Waals surface area (Å²) in [6, 6.07) is 0. The molecule has 4 nitrogen and oxygen atoms in total. The SMILES string of the molecule is CCCCCCCCCCNC(=O)CNCCOC. The number of hydrogen-bond acceptors (Lipinski definition) is 3. The molecule has 19 heavy (non-hydrogen) atoms. The Morgan fingerprint density at radius 1 is 0.947 bits per heavy atom. The second-order valence-corrected chi connectivity index (χ2v) is 4.99. The molecule has 0 aliphatic rings. The van der Waals surface area contributed by atoms with E-state index in [1.54, 1.807) is 7.11 Å². The Bertz CT molecular complexity index is 199. The molecular weight excluding hydrogens is 240 g/mol. The minimum atomic E-state index is 0.0825. The molecule has 0 bridgehead atoms. The van der Waals surface area contributed by atoms with Gasteiger partial charge in [-0.15, -0.1) is 0 Å². The lowest BCUT2D eigenvalue weighted by molar-refractivity contribution is -0.120. The van der Waals surface area contributed by atoms with Crippen LogP contribution in [0.5, 0.6) is 0 Å². The number of amides is 1. The van der Waals surface area contributed by atoms with E-state index < -0.39 is 0 Å². The van der Waals surface area contributed by atoms with Gasteiger partial charge in [-0.05, 0) is 6.42 Å². The van der Waals surface area contributed by atoms with Gasteiger partial charge in [-0.2, -0.15) is 0 Å². The fourth-order valence-electron chi connectivity index (χ4n) is 1.93. The van der Waals surface area contributed by atoms with E-state index in [1.807, 2.05) is 0 Å². The molecule has 0 aliphatic heterocycles. The van der Waals surface area contributed by atoms with Crippen molar-refractivity contribution < 1.29 is 9.53 Å². The topological polar surface area (TPSA) is 50.4 Å². The number of ether oxygens (including phenoxy) is 1. The Balaban J connectivity index is 3.10. The molecule has 0 fully saturated rings. The van der Waals surface area contributed by atoms with Gasteiger partial charge >= 0.3 is 0 Å². The van der Waals surface area contributed by atoms with E-state index in [1.165, 1.54) is 44.9 Å². The third-order valence-corrected chi connectivity index (χ3v) is 3.12. The van der Waals surface area contributed by atoms with E-state index in [-0.39, 0.29) is 5.91 Å². The van der Waals surface area contributed by atoms with E-state index in [2.05, 4.69) is 17.6 Å². The average molecular weight is 272 g/mol. The highest BCUT2D eigenvalue weighted by atomic mass is 16.5. The van der Waals surface area contributed by atoms with E-state index in [0.717, 1.165) is 19.5 Å². The predicted octanol–water partition coefficient (Wildman–Crippen LogP) is 2.48. The molecule has 2 N–H and O–H groups in total. The first kappa shape index (κ1) is 18.4. The minimum absolute atomic E-state index is 0.0825. The molecule has 0 heterocycles. The Morgan fingerprint density at radius 3 is 2.21 bits per heavy atom. The van der Waals surface area contributed by atoms with Crippen molar-refractivity contribution >= 4 is 5.91 Å². The number of unbranched alkanes of at least 4 members (excludes halogenated alkanes) is 7. The fraction of sp³-hybridized carbons (Fsp3) is 0.933. The molecule has 0 aliphatic carbocycles. The maximum absolute atomic E-state index is 11.4. The minimum Gasteiger partial charge on any atom is -0.383 e. The van der Waals surface area contributed by atoms with Crippen molar-refractivity contribution in [2.75, 3.05) is 33.4 Å². The summed E-state index contributed by atoms with van der Waals surface area (Å²) in [6.45, 7) is 4.81. The van der Waals surface area contributed by atoms with Gasteiger partial charge in [0.2, 0.25) is 5.91 Å². The van der Waals surface area contributed by atoms with Crippen molar-refractivity contribution in [3.8, 4) is 0 Å². The van der Waals surface area contributed by atoms with Crippen LogP contribution in [0.3, 0.4) is 0 Å². The predicted molar refractivity (Wildman–Crippen MR) is 80.4 cm³/mol. The van der Waals surface area contributed by atoms with Crippen LogP contribution in [-0.4, -0.2) is 39.3 Å². The van der Waals surface area contributed by atoms with Crippen LogP contribution in [0, 0.1) is 0 Å². The van der Waals surface area contributed by atoms with Crippen LogP contribution >= 0.6 is 0 Å². The van der Waals surface area contributed by atoms with Gasteiger partial charge in [0.05, 0.1) is 13.2 Å². The van der Waals surface area contributed by atoms with E-state index in [0.29, 0.717) is 13.2 Å². The highest BCUT2D eigenvalue weighted by Crippen LogP contribution is 2.07. The van der Waals surface area contributed by atoms with Crippen LogP contribution in [0.2, 0.25) is 0 Å². The van der Waals surface area contributed by atoms with Crippen molar-refractivity contribution in [2.45, 2.75) is 58.3 Å². The molecule has 0 spiro atoms. The highest BCUT2D eigenvalue weighted by molar-refractivity contribution is 5.77. The monoisotopic (exact) mass is 272 g/mol. The maximum atomic E-state index is 11.4. The zero-order valence-corrected chi connectivity index (χ0v) is 12.8. The zero-order valence-electron chi connectivity index (χ0n) is 12.8. The summed E-state index contributed by atoms with van der Waals surface area (Å²) in [5.41, 5.74) is 0. The molecule has 0 saturated heterocycles. The number of carbonyl (C=O) groups is 1. The Hall–Kier alpha value is -0.610. The number of rotatable bonds is 14. The number of hydrogen-bond donors (Lipinski definition) is 2. The van der Waals surface area contributed by atoms with Gasteiger partial charge < -0.3 is 15.4 Å². The molecule has 0 aromatic rings. The summed E-state index contributed by atoms with van der Waals surface area (Å²) in [6.07, 6.45) is 10.4. The molecular formula is C15H32N2O2. The van der Waals surface area contributed by atoms with Crippen LogP contribution < -0.4 is 10.6 Å². The van der Waals surface area contributed by atoms with E-state index in [4.69, 9.17) is 4.74 Å². The van der Waals surface area contributed by atoms with Crippen LogP contribution in [0.25, 0.3) is 0 Å². The first-order chi connectivity index (χ1) is 9.31. The second-order valence-electron chi connectivity index (χ2n) is 4.99. The number of carbonyl (C=O) groups excluding carboxylic acids is 1. The average Bonchev–Trinajstić information content (AvgIpc) is 2.42. The molecule has 0 rings (SSSR count). The molecule has 0 aromatic carbocycles. The summed E-state index contributed by atoms with van der Waals surface area (Å²) in [4.78, 5) is 11.4. The van der Waals surface area contributed by atoms with E-state index >= 15 is 0 Å². The van der Waals surface area contributed by atoms with Crippen molar-refractivity contribution in [3.63, 3.8) is 0 Å². The van der Waals surface area contributed by atoms with Crippen LogP contribution in [0.15, 0.2) is 0 Å². The van der Waals surface area contributed by atoms with Crippen LogP contribution in [0.4, 0.5) is 0 Å². The molecule has 114 valence electrons. The smallest absolute Gasteiger partial charge is 0.233 e. The third-order valence-electron chi connectivity index (χ3n) is 3.12. The molecule has 0 atom stereocenters. The summed E-state index contributed by atoms with van der Waals surface area (Å²) >= 11 is 0. The summed E-state index contributed by atoms with van der Waals surface area (Å²) in [5.74, 6) is 0.0825. The first-order valence-electron chi connectivity index (χ1n) is 7.77. The largest absolute Gasteiger partial charge is 0.383 e. The molecule has 1 amide bonds. The van der Waals surface area contributed by atoms with Crippen molar-refractivity contribution in [1.82, 2.24) is 10.6 Å². The molecule has 0 radical (unpaired) electrons. The Morgan fingerprint density at radius 2 is 1.58 bits per heavy atom. The summed E-state index contributed by atoms with van der Waals surface area (Å²) < 4.78 is 4.89. The standard InChI is InChI=1S/C15H32N2O2/c1-3-4-5-6-7-8-9-10-11-17-15(18)14-16-12-13-19-2/h16H,3-14H2,1-2H3,(H,17,18). The van der Waals surface area contributed by atoms with Gasteiger partial charge in [0.1, 0.15) is 0 Å². The quantitative estimate of drug-likeness (QED) is 0.478. The number of nitrogens with one attached hydrogen (secondary N) is 2. The lowest BCUT2D eigenvalue weighted by atomic mass is 10.1. The lowest BCUT2D eigenvalue weighted by Gasteiger charge is -2.06. The Labute approximate surface area is 118 Å². The van der Waals surface area contributed by atoms with Gasteiger partial charge in [-0.1, -0.05) is 51.9 Å². The van der Waals surface area contributed by atoms with Gasteiger partial charge in [0.15, 0.2) is 0 Å². The molecule has 0 saturated carbocycles. The molecule has 4 heteroatoms. The maximum Gasteiger partial charge on any atom is 0.233 e. The van der Waals surface area contributed by atoms with Crippen molar-refractivity contribution in [3.05, 3.63) is 0 Å². The third kappa shape index (κ3) is 15.3.